The molecule has 3 aliphatic heterocycles. The molecule has 1 spiro atoms. The van der Waals surface area contributed by atoms with E-state index in [0.717, 1.165) is 40.3 Å². The van der Waals surface area contributed by atoms with Crippen LogP contribution in [0.3, 0.4) is 0 Å². The van der Waals surface area contributed by atoms with Gasteiger partial charge in [0.25, 0.3) is 0 Å². The Kier molecular flexibility index (Phi) is 4.58. The van der Waals surface area contributed by atoms with Crippen molar-refractivity contribution in [2.75, 3.05) is 13.1 Å². The van der Waals surface area contributed by atoms with Gasteiger partial charge in [-0.15, -0.1) is 0 Å². The number of nitrogens with zero attached hydrogens (tertiary/aromatic N) is 1. The second-order valence-electron chi connectivity index (χ2n) is 7.05. The van der Waals surface area contributed by atoms with Crippen molar-refractivity contribution < 1.29 is 14.3 Å². The highest BCUT2D eigenvalue weighted by molar-refractivity contribution is 5.80. The summed E-state index contributed by atoms with van der Waals surface area (Å²) in [6.07, 6.45) is 9.28. The normalized spacial score (nSPS) is 22.3. The summed E-state index contributed by atoms with van der Waals surface area (Å²) >= 11 is 0. The quantitative estimate of drug-likeness (QED) is 0.638. The Morgan fingerprint density at radius 2 is 2.07 bits per heavy atom. The smallest absolute Gasteiger partial charge is 0.214 e. The van der Waals surface area contributed by atoms with Crippen LogP contribution in [0.25, 0.3) is 5.57 Å². The van der Waals surface area contributed by atoms with Crippen LogP contribution >= 0.6 is 0 Å². The van der Waals surface area contributed by atoms with Gasteiger partial charge >= 0.3 is 0 Å². The van der Waals surface area contributed by atoms with Crippen LogP contribution in [0.2, 0.25) is 0 Å². The maximum absolute atomic E-state index is 10.9. The summed E-state index contributed by atoms with van der Waals surface area (Å²) < 4.78 is 12.3. The molecule has 27 heavy (non-hydrogen) atoms. The first-order valence-corrected chi connectivity index (χ1v) is 9.15. The molecule has 6 heteroatoms. The van der Waals surface area contributed by atoms with E-state index in [-0.39, 0.29) is 0 Å². The molecule has 0 bridgehead atoms. The van der Waals surface area contributed by atoms with Crippen molar-refractivity contribution in [3.05, 3.63) is 58.9 Å². The van der Waals surface area contributed by atoms with Crippen molar-refractivity contribution >= 4 is 18.2 Å². The van der Waals surface area contributed by atoms with E-state index in [0.29, 0.717) is 32.5 Å². The number of hydrogen-bond donors (Lipinski definition) is 2. The van der Waals surface area contributed by atoms with Gasteiger partial charge in [0.1, 0.15) is 5.75 Å². The zero-order valence-corrected chi connectivity index (χ0v) is 15.3. The first-order chi connectivity index (χ1) is 13.1. The van der Waals surface area contributed by atoms with E-state index >= 15 is 0 Å². The van der Waals surface area contributed by atoms with E-state index in [1.54, 1.807) is 11.0 Å². The monoisotopic (exact) mass is 365 g/mol. The Balaban J connectivity index is 1.54. The molecule has 3 heterocycles. The SMILES string of the molecule is CC1=C(c2ccc3c(c2)COC2(CCN(C=O)CC2)O3)C=C/C(=C/C=N)N1. The average molecular weight is 365 g/mol. The molecule has 0 aliphatic carbocycles. The van der Waals surface area contributed by atoms with Gasteiger partial charge in [0.2, 0.25) is 12.2 Å². The van der Waals surface area contributed by atoms with Crippen molar-refractivity contribution in [3.8, 4) is 5.75 Å². The Bertz CT molecular complexity index is 861. The van der Waals surface area contributed by atoms with Gasteiger partial charge in [-0.25, -0.2) is 0 Å². The van der Waals surface area contributed by atoms with Gasteiger partial charge in [-0.1, -0.05) is 12.1 Å². The molecule has 6 nitrogen and oxygen atoms in total. The molecule has 0 atom stereocenters. The Morgan fingerprint density at radius 3 is 2.78 bits per heavy atom. The van der Waals surface area contributed by atoms with E-state index in [2.05, 4.69) is 23.5 Å². The van der Waals surface area contributed by atoms with Crippen LogP contribution in [-0.4, -0.2) is 36.4 Å². The van der Waals surface area contributed by atoms with Crippen molar-refractivity contribution in [1.82, 2.24) is 10.2 Å². The lowest BCUT2D eigenvalue weighted by Gasteiger charge is -2.43. The standard InChI is InChI=1S/C21H23N3O3/c1-15-19(4-3-18(23-15)6-9-22)16-2-5-20-17(12-16)13-26-21(27-20)7-10-24(14-25)11-8-21/h2-6,9,12,14,22-23H,7-8,10-11,13H2,1H3/b18-6-,22-9?. The number of fused-ring (bicyclic) bond motifs is 1. The van der Waals surface area contributed by atoms with Gasteiger partial charge < -0.3 is 25.1 Å². The number of rotatable bonds is 3. The van der Waals surface area contributed by atoms with Gasteiger partial charge in [0.05, 0.1) is 6.61 Å². The lowest BCUT2D eigenvalue weighted by Crippen LogP contribution is -2.50. The number of ether oxygens (including phenoxy) is 2. The van der Waals surface area contributed by atoms with Crippen molar-refractivity contribution in [3.63, 3.8) is 0 Å². The second kappa shape index (κ2) is 7.04. The summed E-state index contributed by atoms with van der Waals surface area (Å²) in [6.45, 7) is 3.85. The van der Waals surface area contributed by atoms with Gasteiger partial charge in [-0.05, 0) is 36.8 Å². The number of benzene rings is 1. The van der Waals surface area contributed by atoms with Crippen LogP contribution in [0.4, 0.5) is 0 Å². The zero-order chi connectivity index (χ0) is 18.9. The predicted molar refractivity (Wildman–Crippen MR) is 103 cm³/mol. The van der Waals surface area contributed by atoms with Gasteiger partial charge in [0, 0.05) is 54.7 Å². The fraction of sp³-hybridized carbons (Fsp3) is 0.333. The number of dihydropyridines is 1. The third-order valence-electron chi connectivity index (χ3n) is 5.30. The molecule has 0 saturated carbocycles. The number of hydrogen-bond acceptors (Lipinski definition) is 5. The highest BCUT2D eigenvalue weighted by atomic mass is 16.7. The fourth-order valence-electron chi connectivity index (χ4n) is 3.74. The molecular weight excluding hydrogens is 342 g/mol. The maximum Gasteiger partial charge on any atom is 0.214 e. The van der Waals surface area contributed by atoms with Crippen LogP contribution < -0.4 is 10.1 Å². The Morgan fingerprint density at radius 1 is 1.26 bits per heavy atom. The molecule has 3 aliphatic rings. The molecule has 4 rings (SSSR count). The van der Waals surface area contributed by atoms with Crippen LogP contribution in [0, 0.1) is 5.41 Å². The molecule has 0 unspecified atom stereocenters. The molecule has 1 saturated heterocycles. The number of likely N-dealkylation sites (tertiary alicyclic amines) is 1. The summed E-state index contributed by atoms with van der Waals surface area (Å²) in [4.78, 5) is 12.7. The minimum absolute atomic E-state index is 0.507. The number of allylic oxidation sites excluding steroid dienone is 5. The van der Waals surface area contributed by atoms with Crippen LogP contribution in [0.5, 0.6) is 5.75 Å². The largest absolute Gasteiger partial charge is 0.462 e. The van der Waals surface area contributed by atoms with E-state index in [9.17, 15) is 4.79 Å². The first-order valence-electron chi connectivity index (χ1n) is 9.15. The summed E-state index contributed by atoms with van der Waals surface area (Å²) in [6, 6.07) is 6.19. The number of carbonyl (C=O) groups is 1. The third kappa shape index (κ3) is 3.40. The molecule has 1 amide bonds. The summed E-state index contributed by atoms with van der Waals surface area (Å²) in [7, 11) is 0. The van der Waals surface area contributed by atoms with Gasteiger partial charge in [-0.3, -0.25) is 4.79 Å². The molecule has 1 aromatic rings. The predicted octanol–water partition coefficient (Wildman–Crippen LogP) is 2.97. The molecule has 0 aromatic heterocycles. The lowest BCUT2D eigenvalue weighted by atomic mass is 9.97. The van der Waals surface area contributed by atoms with E-state index in [1.807, 2.05) is 19.1 Å². The Hall–Kier alpha value is -2.86. The summed E-state index contributed by atoms with van der Waals surface area (Å²) in [5.41, 5.74) is 5.19. The number of amides is 1. The highest BCUT2D eigenvalue weighted by Crippen LogP contribution is 2.39. The molecular formula is C21H23N3O3. The lowest BCUT2D eigenvalue weighted by molar-refractivity contribution is -0.226. The third-order valence-corrected chi connectivity index (χ3v) is 5.30. The molecule has 1 aromatic carbocycles. The second-order valence-corrected chi connectivity index (χ2v) is 7.05. The highest BCUT2D eigenvalue weighted by Gasteiger charge is 2.40. The maximum atomic E-state index is 10.9. The van der Waals surface area contributed by atoms with E-state index in [4.69, 9.17) is 14.9 Å². The van der Waals surface area contributed by atoms with Gasteiger partial charge in [-0.2, -0.15) is 0 Å². The molecule has 0 radical (unpaired) electrons. The van der Waals surface area contributed by atoms with E-state index < -0.39 is 5.79 Å². The van der Waals surface area contributed by atoms with Crippen molar-refractivity contribution in [2.24, 2.45) is 0 Å². The summed E-state index contributed by atoms with van der Waals surface area (Å²) in [5, 5.41) is 10.5. The van der Waals surface area contributed by atoms with Crippen molar-refractivity contribution in [2.45, 2.75) is 32.2 Å². The number of nitrogens with one attached hydrogen (secondary N) is 2. The number of carbonyl (C=O) groups excluding carboxylic acids is 1. The minimum Gasteiger partial charge on any atom is -0.462 e. The number of piperidine rings is 1. The molecule has 2 N–H and O–H groups in total. The van der Waals surface area contributed by atoms with Crippen molar-refractivity contribution in [1.29, 1.82) is 5.41 Å². The van der Waals surface area contributed by atoms with Crippen LogP contribution in [0.1, 0.15) is 30.9 Å². The van der Waals surface area contributed by atoms with Gasteiger partial charge in [0.15, 0.2) is 0 Å². The fourth-order valence-corrected chi connectivity index (χ4v) is 3.74. The Labute approximate surface area is 158 Å². The topological polar surface area (TPSA) is 74.6 Å². The average Bonchev–Trinajstić information content (AvgIpc) is 2.69. The molecule has 140 valence electrons. The summed E-state index contributed by atoms with van der Waals surface area (Å²) in [5.74, 6) is 0.252. The van der Waals surface area contributed by atoms with Crippen LogP contribution in [0.15, 0.2) is 47.8 Å². The molecule has 1 fully saturated rings. The minimum atomic E-state index is -0.609. The zero-order valence-electron chi connectivity index (χ0n) is 15.3. The first kappa shape index (κ1) is 17.5. The van der Waals surface area contributed by atoms with Crippen LogP contribution in [-0.2, 0) is 16.1 Å². The van der Waals surface area contributed by atoms with E-state index in [1.165, 1.54) is 6.21 Å².